The van der Waals surface area contributed by atoms with E-state index < -0.39 is 12.1 Å². The summed E-state index contributed by atoms with van der Waals surface area (Å²) in [5, 5.41) is 8.05. The lowest BCUT2D eigenvalue weighted by molar-refractivity contribution is -0.143. The van der Waals surface area contributed by atoms with Gasteiger partial charge in [-0.15, -0.1) is 12.3 Å². The number of carboxylic acids is 1. The summed E-state index contributed by atoms with van der Waals surface area (Å²) in [6, 6.07) is 0. The summed E-state index contributed by atoms with van der Waals surface area (Å²) in [5.74, 6) is 0.897. The predicted octanol–water partition coefficient (Wildman–Crippen LogP) is 1.21. The van der Waals surface area contributed by atoms with Crippen LogP contribution in [0.15, 0.2) is 0 Å². The van der Waals surface area contributed by atoms with Gasteiger partial charge < -0.3 is 5.11 Å². The maximum Gasteiger partial charge on any atom is 0.338 e. The van der Waals surface area contributed by atoms with Crippen LogP contribution < -0.4 is 0 Å². The number of terminal acetylenes is 1. The number of rotatable bonds is 4. The van der Waals surface area contributed by atoms with Crippen molar-refractivity contribution in [3.63, 3.8) is 0 Å². The SMILES string of the molecule is C#CCCC[C@H](F)C(=O)O. The molecule has 2 nitrogen and oxygen atoms in total. The van der Waals surface area contributed by atoms with Crippen molar-refractivity contribution in [1.82, 2.24) is 0 Å². The van der Waals surface area contributed by atoms with Crippen molar-refractivity contribution in [3.05, 3.63) is 0 Å². The second kappa shape index (κ2) is 4.80. The zero-order chi connectivity index (χ0) is 7.98. The Morgan fingerprint density at radius 1 is 1.80 bits per heavy atom. The van der Waals surface area contributed by atoms with E-state index in [1.807, 2.05) is 0 Å². The molecule has 0 saturated heterocycles. The Labute approximate surface area is 59.0 Å². The molecule has 0 aromatic carbocycles. The molecule has 0 spiro atoms. The van der Waals surface area contributed by atoms with Gasteiger partial charge in [-0.1, -0.05) is 0 Å². The highest BCUT2D eigenvalue weighted by Crippen LogP contribution is 2.03. The first-order chi connectivity index (χ1) is 4.68. The van der Waals surface area contributed by atoms with Crippen LogP contribution in [0.25, 0.3) is 0 Å². The Bertz CT molecular complexity index is 148. The molecule has 0 radical (unpaired) electrons. The summed E-state index contributed by atoms with van der Waals surface area (Å²) in [6.07, 6.45) is 4.00. The topological polar surface area (TPSA) is 37.3 Å². The monoisotopic (exact) mass is 144 g/mol. The van der Waals surface area contributed by atoms with Gasteiger partial charge in [0.15, 0.2) is 6.17 Å². The zero-order valence-electron chi connectivity index (χ0n) is 5.51. The molecule has 0 rings (SSSR count). The molecule has 0 fully saturated rings. The average molecular weight is 144 g/mol. The Balaban J connectivity index is 3.32. The number of unbranched alkanes of at least 4 members (excludes halogenated alkanes) is 1. The van der Waals surface area contributed by atoms with Crippen LogP contribution in [0.1, 0.15) is 19.3 Å². The van der Waals surface area contributed by atoms with Crippen molar-refractivity contribution in [1.29, 1.82) is 0 Å². The van der Waals surface area contributed by atoms with Crippen LogP contribution in [0.2, 0.25) is 0 Å². The van der Waals surface area contributed by atoms with Crippen LogP contribution in [-0.4, -0.2) is 17.2 Å². The average Bonchev–Trinajstić information content (AvgIpc) is 1.88. The van der Waals surface area contributed by atoms with Crippen LogP contribution in [0.3, 0.4) is 0 Å². The number of carboxylic acid groups (broad SMARTS) is 1. The van der Waals surface area contributed by atoms with Crippen molar-refractivity contribution >= 4 is 5.97 Å². The van der Waals surface area contributed by atoms with Crippen molar-refractivity contribution in [2.45, 2.75) is 25.4 Å². The highest BCUT2D eigenvalue weighted by atomic mass is 19.1. The Morgan fingerprint density at radius 2 is 2.40 bits per heavy atom. The van der Waals surface area contributed by atoms with E-state index in [9.17, 15) is 9.18 Å². The third kappa shape index (κ3) is 3.90. The van der Waals surface area contributed by atoms with E-state index in [1.54, 1.807) is 0 Å². The van der Waals surface area contributed by atoms with E-state index in [2.05, 4.69) is 5.92 Å². The molecule has 0 aliphatic rings. The molecule has 0 aromatic rings. The summed E-state index contributed by atoms with van der Waals surface area (Å²) < 4.78 is 12.2. The van der Waals surface area contributed by atoms with Crippen molar-refractivity contribution in [2.24, 2.45) is 0 Å². The van der Waals surface area contributed by atoms with Gasteiger partial charge in [0.05, 0.1) is 0 Å². The van der Waals surface area contributed by atoms with Gasteiger partial charge in [-0.3, -0.25) is 0 Å². The first-order valence-corrected chi connectivity index (χ1v) is 2.99. The molecule has 0 aromatic heterocycles. The van der Waals surface area contributed by atoms with Gasteiger partial charge in [0, 0.05) is 6.42 Å². The standard InChI is InChI=1S/C7H9FO2/c1-2-3-4-5-6(8)7(9)10/h1,6H,3-5H2,(H,9,10)/t6-/m0/s1. The van der Waals surface area contributed by atoms with Crippen LogP contribution in [0, 0.1) is 12.3 Å². The molecular formula is C7H9FO2. The lowest BCUT2D eigenvalue weighted by Gasteiger charge is -1.98. The van der Waals surface area contributed by atoms with E-state index in [1.165, 1.54) is 0 Å². The first-order valence-electron chi connectivity index (χ1n) is 2.99. The minimum atomic E-state index is -1.76. The predicted molar refractivity (Wildman–Crippen MR) is 35.2 cm³/mol. The smallest absolute Gasteiger partial charge is 0.338 e. The number of alkyl halides is 1. The van der Waals surface area contributed by atoms with E-state index in [-0.39, 0.29) is 6.42 Å². The summed E-state index contributed by atoms with van der Waals surface area (Å²) in [6.45, 7) is 0. The van der Waals surface area contributed by atoms with E-state index in [0.29, 0.717) is 12.8 Å². The molecule has 3 heteroatoms. The van der Waals surface area contributed by atoms with Gasteiger partial charge in [-0.25, -0.2) is 9.18 Å². The van der Waals surface area contributed by atoms with Crippen LogP contribution in [0.5, 0.6) is 0 Å². The minimum absolute atomic E-state index is 0.0134. The lowest BCUT2D eigenvalue weighted by Crippen LogP contribution is -2.13. The minimum Gasteiger partial charge on any atom is -0.479 e. The normalized spacial score (nSPS) is 12.0. The molecule has 1 N–H and O–H groups in total. The highest BCUT2D eigenvalue weighted by Gasteiger charge is 2.13. The number of hydrogen-bond acceptors (Lipinski definition) is 1. The quantitative estimate of drug-likeness (QED) is 0.475. The largest absolute Gasteiger partial charge is 0.479 e. The third-order valence-electron chi connectivity index (χ3n) is 1.05. The van der Waals surface area contributed by atoms with Gasteiger partial charge in [0.1, 0.15) is 0 Å². The van der Waals surface area contributed by atoms with Crippen LogP contribution >= 0.6 is 0 Å². The van der Waals surface area contributed by atoms with Crippen molar-refractivity contribution in [2.75, 3.05) is 0 Å². The van der Waals surface area contributed by atoms with E-state index >= 15 is 0 Å². The highest BCUT2D eigenvalue weighted by molar-refractivity contribution is 5.71. The van der Waals surface area contributed by atoms with Gasteiger partial charge in [0.25, 0.3) is 0 Å². The summed E-state index contributed by atoms with van der Waals surface area (Å²) in [5.41, 5.74) is 0. The summed E-state index contributed by atoms with van der Waals surface area (Å²) in [7, 11) is 0. The van der Waals surface area contributed by atoms with Gasteiger partial charge >= 0.3 is 5.97 Å². The Hall–Kier alpha value is -1.04. The number of hydrogen-bond donors (Lipinski definition) is 1. The summed E-state index contributed by atoms with van der Waals surface area (Å²) >= 11 is 0. The second-order valence-electron chi connectivity index (χ2n) is 1.90. The first kappa shape index (κ1) is 8.96. The fourth-order valence-corrected chi connectivity index (χ4v) is 0.507. The number of halogens is 1. The second-order valence-corrected chi connectivity index (χ2v) is 1.90. The number of carbonyl (C=O) groups is 1. The molecule has 0 aliphatic carbocycles. The lowest BCUT2D eigenvalue weighted by atomic mass is 10.2. The maximum atomic E-state index is 12.2. The van der Waals surface area contributed by atoms with E-state index in [0.717, 1.165) is 0 Å². The molecule has 1 atom stereocenters. The van der Waals surface area contributed by atoms with Crippen molar-refractivity contribution in [3.8, 4) is 12.3 Å². The summed E-state index contributed by atoms with van der Waals surface area (Å²) in [4.78, 5) is 9.87. The van der Waals surface area contributed by atoms with Crippen molar-refractivity contribution < 1.29 is 14.3 Å². The Morgan fingerprint density at radius 3 is 2.80 bits per heavy atom. The zero-order valence-corrected chi connectivity index (χ0v) is 5.51. The molecule has 56 valence electrons. The molecule has 0 amide bonds. The molecule has 10 heavy (non-hydrogen) atoms. The van der Waals surface area contributed by atoms with Crippen LogP contribution in [0.4, 0.5) is 4.39 Å². The fraction of sp³-hybridized carbons (Fsp3) is 0.571. The van der Waals surface area contributed by atoms with Gasteiger partial charge in [0.2, 0.25) is 0 Å². The Kier molecular flexibility index (Phi) is 4.30. The maximum absolute atomic E-state index is 12.2. The number of aliphatic carboxylic acids is 1. The van der Waals surface area contributed by atoms with Crippen LogP contribution in [-0.2, 0) is 4.79 Å². The fourth-order valence-electron chi connectivity index (χ4n) is 0.507. The van der Waals surface area contributed by atoms with Gasteiger partial charge in [-0.05, 0) is 12.8 Å². The molecule has 0 unspecified atom stereocenters. The molecule has 0 bridgehead atoms. The molecule has 0 heterocycles. The third-order valence-corrected chi connectivity index (χ3v) is 1.05. The molecule has 0 saturated carbocycles. The molecule has 0 aliphatic heterocycles. The van der Waals surface area contributed by atoms with E-state index in [4.69, 9.17) is 11.5 Å². The molecular weight excluding hydrogens is 135 g/mol. The van der Waals surface area contributed by atoms with Gasteiger partial charge in [-0.2, -0.15) is 0 Å².